The molecule has 14 nitrogen and oxygen atoms in total. The van der Waals surface area contributed by atoms with Gasteiger partial charge in [0.15, 0.2) is 0 Å². The Morgan fingerprint density at radius 3 is 2.47 bits per heavy atom. The van der Waals surface area contributed by atoms with Crippen LogP contribution in [0.25, 0.3) is 33.3 Å². The second-order valence-electron chi connectivity index (χ2n) is 21.2. The number of aromatic nitrogens is 2. The standard InChI is InChI=1S/C54H67F4N7O7/c1-32(2)42(29-71-38-27-63(28-38)46(66)17-18-53(6,7)62(8)9)49(67)60-44-23-34-21-36(24-37(55)22-34)35-15-16-45-40(25-35)41(26-52(4,5)31-72-51(69)43-14-12-20-65(61-43)50(44)68)48(64(45)30-54(56,57)58)39-13-11-19-59-47(39)33(3)70-10/h11,13,15-16,19,21-22,24-25,32-33,38,42-44,61H,12,14,20,23,26-31H2,1-10H3,(H,60,67)/t33-,42-,43-,44-/m0/s1. The first-order valence-corrected chi connectivity index (χ1v) is 24.5. The molecule has 3 amide bonds. The number of rotatable bonds is 11. The number of methoxy groups -OCH3 is 1. The van der Waals surface area contributed by atoms with Gasteiger partial charge in [-0.05, 0) is 125 Å². The number of benzene rings is 2. The zero-order chi connectivity index (χ0) is 52.4. The number of ether oxygens (including phenoxy) is 3. The van der Waals surface area contributed by atoms with Crippen molar-refractivity contribution in [2.45, 2.75) is 117 Å². The van der Waals surface area contributed by atoms with E-state index in [1.54, 1.807) is 54.4 Å². The number of amides is 3. The number of nitrogens with one attached hydrogen (secondary N) is 2. The van der Waals surface area contributed by atoms with Crippen molar-refractivity contribution in [3.63, 3.8) is 0 Å². The molecule has 0 unspecified atom stereocenters. The Morgan fingerprint density at radius 2 is 1.79 bits per heavy atom. The van der Waals surface area contributed by atoms with Crippen LogP contribution in [0.15, 0.2) is 54.7 Å². The van der Waals surface area contributed by atoms with Gasteiger partial charge in [0.2, 0.25) is 5.91 Å². The number of fused-ring (bicyclic) bond motifs is 6. The summed E-state index contributed by atoms with van der Waals surface area (Å²) in [6.07, 6.45) is -3.23. The first-order chi connectivity index (χ1) is 33.8. The molecule has 2 aromatic heterocycles. The Labute approximate surface area is 419 Å². The molecule has 2 aromatic carbocycles. The molecule has 0 radical (unpaired) electrons. The number of hydrogen-bond acceptors (Lipinski definition) is 10. The molecular formula is C54H67F4N7O7. The van der Waals surface area contributed by atoms with E-state index in [0.717, 1.165) is 0 Å². The predicted octanol–water partition coefficient (Wildman–Crippen LogP) is 7.27. The van der Waals surface area contributed by atoms with Gasteiger partial charge in [-0.3, -0.25) is 34.1 Å². The highest BCUT2D eigenvalue weighted by molar-refractivity contribution is 5.96. The summed E-state index contributed by atoms with van der Waals surface area (Å²) in [6.45, 7) is 12.4. The van der Waals surface area contributed by atoms with Crippen molar-refractivity contribution in [3.05, 3.63) is 77.4 Å². The lowest BCUT2D eigenvalue weighted by Crippen LogP contribution is -2.61. The normalized spacial score (nSPS) is 19.8. The molecule has 6 bridgehead atoms. The lowest BCUT2D eigenvalue weighted by atomic mass is 9.84. The maximum Gasteiger partial charge on any atom is 0.406 e. The van der Waals surface area contributed by atoms with Crippen LogP contribution in [-0.2, 0) is 52.8 Å². The first-order valence-electron chi connectivity index (χ1n) is 24.5. The summed E-state index contributed by atoms with van der Waals surface area (Å²) >= 11 is 0. The van der Waals surface area contributed by atoms with E-state index in [1.807, 2.05) is 60.5 Å². The van der Waals surface area contributed by atoms with Crippen LogP contribution < -0.4 is 10.7 Å². The van der Waals surface area contributed by atoms with Crippen LogP contribution in [0.4, 0.5) is 17.6 Å². The monoisotopic (exact) mass is 1000 g/mol. The van der Waals surface area contributed by atoms with E-state index in [4.69, 9.17) is 14.2 Å². The van der Waals surface area contributed by atoms with Gasteiger partial charge >= 0.3 is 12.1 Å². The minimum Gasteiger partial charge on any atom is -0.464 e. The average Bonchev–Trinajstić information content (AvgIpc) is 3.58. The average molecular weight is 1000 g/mol. The second-order valence-corrected chi connectivity index (χ2v) is 21.2. The van der Waals surface area contributed by atoms with E-state index in [-0.39, 0.29) is 61.7 Å². The van der Waals surface area contributed by atoms with Gasteiger partial charge in [-0.25, -0.2) is 9.82 Å². The van der Waals surface area contributed by atoms with Crippen molar-refractivity contribution in [1.82, 2.24) is 35.1 Å². The van der Waals surface area contributed by atoms with Crippen LogP contribution in [0.2, 0.25) is 0 Å². The van der Waals surface area contributed by atoms with Crippen molar-refractivity contribution in [2.75, 3.05) is 54.1 Å². The van der Waals surface area contributed by atoms with E-state index in [2.05, 4.69) is 27.6 Å². The molecule has 2 saturated heterocycles. The number of carbonyl (C=O) groups is 4. The Bertz CT molecular complexity index is 2740. The highest BCUT2D eigenvalue weighted by Gasteiger charge is 2.39. The van der Waals surface area contributed by atoms with Crippen molar-refractivity contribution >= 4 is 34.6 Å². The largest absolute Gasteiger partial charge is 0.464 e. The smallest absolute Gasteiger partial charge is 0.406 e. The van der Waals surface area contributed by atoms with Gasteiger partial charge in [0.05, 0.1) is 48.3 Å². The van der Waals surface area contributed by atoms with Crippen LogP contribution in [-0.4, -0.2) is 132 Å². The number of hydrazine groups is 1. The molecule has 3 aliphatic rings. The number of alkyl halides is 3. The van der Waals surface area contributed by atoms with Crippen LogP contribution in [0.5, 0.6) is 0 Å². The molecule has 18 heteroatoms. The van der Waals surface area contributed by atoms with Gasteiger partial charge in [0.25, 0.3) is 11.8 Å². The minimum absolute atomic E-state index is 0.00281. The summed E-state index contributed by atoms with van der Waals surface area (Å²) in [5.74, 6) is 2.16. The molecule has 0 saturated carbocycles. The summed E-state index contributed by atoms with van der Waals surface area (Å²) in [4.78, 5) is 63.7. The third-order valence-electron chi connectivity index (χ3n) is 14.1. The van der Waals surface area contributed by atoms with E-state index < -0.39 is 71.4 Å². The quantitative estimate of drug-likeness (QED) is 0.0894. The highest BCUT2D eigenvalue weighted by atomic mass is 19.4. The zero-order valence-corrected chi connectivity index (χ0v) is 42.8. The molecule has 2 N–H and O–H groups in total. The fraction of sp³-hybridized carbons (Fsp3) is 0.537. The molecule has 3 aliphatic heterocycles. The van der Waals surface area contributed by atoms with Crippen LogP contribution in [0.3, 0.4) is 0 Å². The highest BCUT2D eigenvalue weighted by Crippen LogP contribution is 2.43. The maximum absolute atomic E-state index is 16.0. The molecule has 388 valence electrons. The Balaban J connectivity index is 1.25. The van der Waals surface area contributed by atoms with E-state index >= 15 is 4.39 Å². The number of cyclic esters (lactones) is 1. The van der Waals surface area contributed by atoms with E-state index in [1.165, 1.54) is 28.8 Å². The van der Waals surface area contributed by atoms with Crippen LogP contribution in [0.1, 0.15) is 84.2 Å². The van der Waals surface area contributed by atoms with Gasteiger partial charge in [-0.15, -0.1) is 0 Å². The number of carbonyl (C=O) groups excluding carboxylic acids is 4. The Kier molecular flexibility index (Phi) is 16.2. The maximum atomic E-state index is 16.0. The fourth-order valence-corrected chi connectivity index (χ4v) is 9.25. The summed E-state index contributed by atoms with van der Waals surface area (Å²) in [5, 5.41) is 4.73. The van der Waals surface area contributed by atoms with Gasteiger partial charge in [-0.2, -0.15) is 13.2 Å². The fourth-order valence-electron chi connectivity index (χ4n) is 9.25. The predicted molar refractivity (Wildman–Crippen MR) is 264 cm³/mol. The van der Waals surface area contributed by atoms with E-state index in [9.17, 15) is 32.3 Å². The SMILES string of the molecule is CO[C@@H](C)c1ncccc1-c1c2c3cc(ccc3n1CC(F)(F)F)-c1cc(F)cc(c1)C[C@H](NC(=O)[C@@H](COC1CN(C(=O)C#CC(C)(C)N(C)C)C1)C(C)C)C(=O)N1CCC[C@H](N1)C(=O)OCC(C)(C)C2. The van der Waals surface area contributed by atoms with Crippen molar-refractivity contribution in [3.8, 4) is 34.2 Å². The number of likely N-dealkylation sites (tertiary alicyclic amines) is 1. The minimum atomic E-state index is -4.63. The van der Waals surface area contributed by atoms with Crippen LogP contribution >= 0.6 is 0 Å². The number of nitrogens with zero attached hydrogens (tertiary/aromatic N) is 5. The van der Waals surface area contributed by atoms with Gasteiger partial charge in [0, 0.05) is 61.2 Å². The molecule has 5 heterocycles. The van der Waals surface area contributed by atoms with Crippen molar-refractivity contribution in [1.29, 1.82) is 0 Å². The molecule has 2 fully saturated rings. The van der Waals surface area contributed by atoms with Crippen molar-refractivity contribution in [2.24, 2.45) is 17.3 Å². The van der Waals surface area contributed by atoms with Gasteiger partial charge in [0.1, 0.15) is 24.4 Å². The van der Waals surface area contributed by atoms with Gasteiger partial charge < -0.3 is 29.0 Å². The lowest BCUT2D eigenvalue weighted by molar-refractivity contribution is -0.155. The third kappa shape index (κ3) is 12.5. The summed E-state index contributed by atoms with van der Waals surface area (Å²) in [5.41, 5.74) is 4.91. The van der Waals surface area contributed by atoms with E-state index in [0.29, 0.717) is 64.8 Å². The molecule has 4 atom stereocenters. The zero-order valence-electron chi connectivity index (χ0n) is 42.8. The molecule has 4 aromatic rings. The molecule has 7 rings (SSSR count). The third-order valence-corrected chi connectivity index (χ3v) is 14.1. The summed E-state index contributed by atoms with van der Waals surface area (Å²) < 4.78 is 79.1. The molecule has 0 aliphatic carbocycles. The second kappa shape index (κ2) is 21.7. The molecule has 0 spiro atoms. The number of halogens is 4. The lowest BCUT2D eigenvalue weighted by Gasteiger charge is -2.39. The summed E-state index contributed by atoms with van der Waals surface area (Å²) in [7, 11) is 5.27. The number of hydrogen-bond donors (Lipinski definition) is 2. The van der Waals surface area contributed by atoms with Gasteiger partial charge in [-0.1, -0.05) is 45.7 Å². The Hall–Kier alpha value is -5.87. The Morgan fingerprint density at radius 1 is 1.06 bits per heavy atom. The topological polar surface area (TPSA) is 148 Å². The van der Waals surface area contributed by atoms with Crippen molar-refractivity contribution < 1.29 is 51.0 Å². The molecular weight excluding hydrogens is 935 g/mol. The first kappa shape index (κ1) is 53.9. The number of esters is 1. The number of pyridine rings is 1. The molecule has 72 heavy (non-hydrogen) atoms. The summed E-state index contributed by atoms with van der Waals surface area (Å²) in [6, 6.07) is 10.5. The van der Waals surface area contributed by atoms with Crippen LogP contribution in [0, 0.1) is 34.9 Å².